The number of halogens is 1. The molecule has 2 aromatic rings. The van der Waals surface area contributed by atoms with Crippen LogP contribution in [0.1, 0.15) is 38.0 Å². The quantitative estimate of drug-likeness (QED) is 0.851. The molecule has 112 valence electrons. The van der Waals surface area contributed by atoms with E-state index < -0.39 is 0 Å². The van der Waals surface area contributed by atoms with E-state index in [1.54, 1.807) is 0 Å². The van der Waals surface area contributed by atoms with Crippen molar-refractivity contribution in [3.05, 3.63) is 35.2 Å². The van der Waals surface area contributed by atoms with Crippen molar-refractivity contribution >= 4 is 11.6 Å². The standard InChI is InChI=1S/C16H20ClN3O/c1-20(14-5-3-2-4-6-14)11-15-18-16(19-21-15)12-7-9-13(17)10-8-12/h7-10,14H,2-6,11H2,1H3. The van der Waals surface area contributed by atoms with Gasteiger partial charge in [-0.1, -0.05) is 36.0 Å². The minimum atomic E-state index is 0.624. The monoisotopic (exact) mass is 305 g/mol. The molecule has 0 N–H and O–H groups in total. The van der Waals surface area contributed by atoms with E-state index in [-0.39, 0.29) is 0 Å². The molecule has 21 heavy (non-hydrogen) atoms. The molecule has 0 aliphatic heterocycles. The van der Waals surface area contributed by atoms with Gasteiger partial charge >= 0.3 is 0 Å². The van der Waals surface area contributed by atoms with E-state index in [2.05, 4.69) is 22.1 Å². The summed E-state index contributed by atoms with van der Waals surface area (Å²) in [6, 6.07) is 8.12. The summed E-state index contributed by atoms with van der Waals surface area (Å²) in [4.78, 5) is 6.81. The third kappa shape index (κ3) is 3.63. The summed E-state index contributed by atoms with van der Waals surface area (Å²) in [5.74, 6) is 1.30. The Kier molecular flexibility index (Phi) is 4.56. The van der Waals surface area contributed by atoms with Crippen LogP contribution in [-0.4, -0.2) is 28.1 Å². The van der Waals surface area contributed by atoms with Crippen molar-refractivity contribution in [1.82, 2.24) is 15.0 Å². The van der Waals surface area contributed by atoms with Gasteiger partial charge in [0.1, 0.15) is 0 Å². The Morgan fingerprint density at radius 2 is 1.90 bits per heavy atom. The van der Waals surface area contributed by atoms with Crippen molar-refractivity contribution in [2.45, 2.75) is 44.7 Å². The first-order valence-electron chi connectivity index (χ1n) is 7.51. The Labute approximate surface area is 130 Å². The van der Waals surface area contributed by atoms with Gasteiger partial charge in [0.25, 0.3) is 0 Å². The Morgan fingerprint density at radius 3 is 2.62 bits per heavy atom. The third-order valence-electron chi connectivity index (χ3n) is 4.15. The van der Waals surface area contributed by atoms with E-state index in [9.17, 15) is 0 Å². The molecular weight excluding hydrogens is 286 g/mol. The lowest BCUT2D eigenvalue weighted by molar-refractivity contribution is 0.165. The van der Waals surface area contributed by atoms with Gasteiger partial charge in [-0.3, -0.25) is 4.90 Å². The second-order valence-electron chi connectivity index (χ2n) is 5.73. The third-order valence-corrected chi connectivity index (χ3v) is 4.41. The molecule has 1 aromatic heterocycles. The maximum absolute atomic E-state index is 5.89. The Hall–Kier alpha value is -1.39. The van der Waals surface area contributed by atoms with Crippen LogP contribution >= 0.6 is 11.6 Å². The van der Waals surface area contributed by atoms with Crippen LogP contribution in [0.5, 0.6) is 0 Å². The highest BCUT2D eigenvalue weighted by Gasteiger charge is 2.20. The molecular formula is C16H20ClN3O. The SMILES string of the molecule is CN(Cc1nc(-c2ccc(Cl)cc2)no1)C1CCCCC1. The Morgan fingerprint density at radius 1 is 1.19 bits per heavy atom. The fourth-order valence-electron chi connectivity index (χ4n) is 2.90. The highest BCUT2D eigenvalue weighted by molar-refractivity contribution is 6.30. The number of rotatable bonds is 4. The second kappa shape index (κ2) is 6.58. The van der Waals surface area contributed by atoms with Gasteiger partial charge in [0.2, 0.25) is 11.7 Å². The molecule has 0 atom stereocenters. The molecule has 1 heterocycles. The summed E-state index contributed by atoms with van der Waals surface area (Å²) >= 11 is 5.89. The van der Waals surface area contributed by atoms with Gasteiger partial charge in [0, 0.05) is 16.6 Å². The first-order valence-corrected chi connectivity index (χ1v) is 7.89. The summed E-state index contributed by atoms with van der Waals surface area (Å²) in [5.41, 5.74) is 0.926. The van der Waals surface area contributed by atoms with E-state index in [0.29, 0.717) is 29.3 Å². The van der Waals surface area contributed by atoms with Crippen molar-refractivity contribution in [1.29, 1.82) is 0 Å². The summed E-state index contributed by atoms with van der Waals surface area (Å²) in [6.45, 7) is 0.714. The summed E-state index contributed by atoms with van der Waals surface area (Å²) in [7, 11) is 2.14. The van der Waals surface area contributed by atoms with Gasteiger partial charge in [-0.25, -0.2) is 0 Å². The van der Waals surface area contributed by atoms with Crippen LogP contribution in [0.25, 0.3) is 11.4 Å². The van der Waals surface area contributed by atoms with Crippen molar-refractivity contribution in [3.8, 4) is 11.4 Å². The first kappa shape index (κ1) is 14.5. The lowest BCUT2D eigenvalue weighted by atomic mass is 9.94. The molecule has 1 aromatic carbocycles. The van der Waals surface area contributed by atoms with E-state index in [1.807, 2.05) is 24.3 Å². The molecule has 0 saturated heterocycles. The number of aromatic nitrogens is 2. The summed E-state index contributed by atoms with van der Waals surface area (Å²) < 4.78 is 5.38. The van der Waals surface area contributed by atoms with Gasteiger partial charge in [-0.2, -0.15) is 4.98 Å². The van der Waals surface area contributed by atoms with Crippen LogP contribution in [-0.2, 0) is 6.54 Å². The van der Waals surface area contributed by atoms with Gasteiger partial charge in [0.05, 0.1) is 6.54 Å². The molecule has 5 heteroatoms. The average Bonchev–Trinajstić information content (AvgIpc) is 2.97. The first-order chi connectivity index (χ1) is 10.2. The maximum atomic E-state index is 5.89. The highest BCUT2D eigenvalue weighted by Crippen LogP contribution is 2.23. The smallest absolute Gasteiger partial charge is 0.241 e. The van der Waals surface area contributed by atoms with E-state index >= 15 is 0 Å². The molecule has 1 aliphatic carbocycles. The molecule has 3 rings (SSSR count). The van der Waals surface area contributed by atoms with E-state index in [1.165, 1.54) is 32.1 Å². The topological polar surface area (TPSA) is 42.2 Å². The van der Waals surface area contributed by atoms with Crippen LogP contribution in [0, 0.1) is 0 Å². The van der Waals surface area contributed by atoms with Crippen LogP contribution in [0.2, 0.25) is 5.02 Å². The molecule has 0 bridgehead atoms. The number of hydrogen-bond donors (Lipinski definition) is 0. The van der Waals surface area contributed by atoms with Crippen LogP contribution in [0.15, 0.2) is 28.8 Å². The minimum Gasteiger partial charge on any atom is -0.338 e. The largest absolute Gasteiger partial charge is 0.338 e. The van der Waals surface area contributed by atoms with Crippen molar-refractivity contribution in [2.24, 2.45) is 0 Å². The predicted octanol–water partition coefficient (Wildman–Crippen LogP) is 4.15. The molecule has 1 fully saturated rings. The van der Waals surface area contributed by atoms with Gasteiger partial charge in [-0.05, 0) is 44.2 Å². The number of benzene rings is 1. The summed E-state index contributed by atoms with van der Waals surface area (Å²) in [5, 5.41) is 4.77. The van der Waals surface area contributed by atoms with Crippen molar-refractivity contribution in [2.75, 3.05) is 7.05 Å². The van der Waals surface area contributed by atoms with Gasteiger partial charge in [-0.15, -0.1) is 0 Å². The fraction of sp³-hybridized carbons (Fsp3) is 0.500. The molecule has 0 amide bonds. The molecule has 0 unspecified atom stereocenters. The lowest BCUT2D eigenvalue weighted by Crippen LogP contribution is -2.32. The molecule has 1 saturated carbocycles. The number of nitrogens with zero attached hydrogens (tertiary/aromatic N) is 3. The molecule has 1 aliphatic rings. The normalized spacial score (nSPS) is 16.5. The Bertz CT molecular complexity index is 575. The van der Waals surface area contributed by atoms with Crippen LogP contribution in [0.4, 0.5) is 0 Å². The number of hydrogen-bond acceptors (Lipinski definition) is 4. The zero-order valence-corrected chi connectivity index (χ0v) is 13.0. The predicted molar refractivity (Wildman–Crippen MR) is 83.1 cm³/mol. The van der Waals surface area contributed by atoms with Gasteiger partial charge < -0.3 is 4.52 Å². The van der Waals surface area contributed by atoms with E-state index in [4.69, 9.17) is 16.1 Å². The zero-order valence-electron chi connectivity index (χ0n) is 12.3. The maximum Gasteiger partial charge on any atom is 0.241 e. The van der Waals surface area contributed by atoms with Crippen molar-refractivity contribution < 1.29 is 4.52 Å². The summed E-state index contributed by atoms with van der Waals surface area (Å²) in [6.07, 6.45) is 6.57. The fourth-order valence-corrected chi connectivity index (χ4v) is 3.03. The van der Waals surface area contributed by atoms with Crippen LogP contribution in [0.3, 0.4) is 0 Å². The lowest BCUT2D eigenvalue weighted by Gasteiger charge is -2.29. The second-order valence-corrected chi connectivity index (χ2v) is 6.16. The molecule has 4 nitrogen and oxygen atoms in total. The van der Waals surface area contributed by atoms with Gasteiger partial charge in [0.15, 0.2) is 0 Å². The average molecular weight is 306 g/mol. The molecule has 0 spiro atoms. The minimum absolute atomic E-state index is 0.624. The van der Waals surface area contributed by atoms with Crippen LogP contribution < -0.4 is 0 Å². The van der Waals surface area contributed by atoms with Crippen molar-refractivity contribution in [3.63, 3.8) is 0 Å². The highest BCUT2D eigenvalue weighted by atomic mass is 35.5. The zero-order chi connectivity index (χ0) is 14.7. The molecule has 0 radical (unpaired) electrons. The van der Waals surface area contributed by atoms with E-state index in [0.717, 1.165) is 5.56 Å². The Balaban J connectivity index is 1.65.